The van der Waals surface area contributed by atoms with Gasteiger partial charge in [0.05, 0.1) is 5.69 Å². The van der Waals surface area contributed by atoms with Crippen LogP contribution in [0.5, 0.6) is 0 Å². The fraction of sp³-hybridized carbons (Fsp3) is 0.571. The second-order valence-electron chi connectivity index (χ2n) is 4.91. The van der Waals surface area contributed by atoms with Gasteiger partial charge in [0.15, 0.2) is 0 Å². The van der Waals surface area contributed by atoms with Crippen LogP contribution in [0.4, 0.5) is 5.69 Å². The van der Waals surface area contributed by atoms with E-state index in [1.165, 1.54) is 22.1 Å². The van der Waals surface area contributed by atoms with Gasteiger partial charge < -0.3 is 4.90 Å². The lowest BCUT2D eigenvalue weighted by Gasteiger charge is -2.40. The molecule has 1 saturated heterocycles. The summed E-state index contributed by atoms with van der Waals surface area (Å²) in [5.74, 6) is 0. The number of likely N-dealkylation sites (N-methyl/N-ethyl adjacent to an activating group) is 1. The summed E-state index contributed by atoms with van der Waals surface area (Å²) in [7, 11) is 2.23. The van der Waals surface area contributed by atoms with Crippen LogP contribution in [0.15, 0.2) is 22.7 Å². The molecular formula is C14H20Br2N2. The molecule has 0 saturated carbocycles. The highest BCUT2D eigenvalue weighted by molar-refractivity contribution is 9.10. The quantitative estimate of drug-likeness (QED) is 0.739. The molecule has 4 heteroatoms. The molecule has 0 spiro atoms. The second-order valence-corrected chi connectivity index (χ2v) is 6.32. The summed E-state index contributed by atoms with van der Waals surface area (Å²) in [6, 6.07) is 7.32. The van der Waals surface area contributed by atoms with E-state index in [-0.39, 0.29) is 0 Å². The Labute approximate surface area is 127 Å². The highest BCUT2D eigenvalue weighted by Crippen LogP contribution is 2.30. The van der Waals surface area contributed by atoms with Crippen molar-refractivity contribution in [3.63, 3.8) is 0 Å². The molecule has 1 aromatic carbocycles. The Bertz CT molecular complexity index is 409. The summed E-state index contributed by atoms with van der Waals surface area (Å²) in [6.07, 6.45) is 1.21. The lowest BCUT2D eigenvalue weighted by Crippen LogP contribution is -2.51. The first-order valence-corrected chi connectivity index (χ1v) is 8.36. The Kier molecular flexibility index (Phi) is 5.10. The van der Waals surface area contributed by atoms with E-state index in [0.29, 0.717) is 6.04 Å². The fourth-order valence-corrected chi connectivity index (χ4v) is 3.52. The van der Waals surface area contributed by atoms with Crippen molar-refractivity contribution in [3.8, 4) is 0 Å². The van der Waals surface area contributed by atoms with Gasteiger partial charge in [-0.05, 0) is 47.1 Å². The van der Waals surface area contributed by atoms with E-state index >= 15 is 0 Å². The van der Waals surface area contributed by atoms with Gasteiger partial charge in [0, 0.05) is 35.5 Å². The molecule has 100 valence electrons. The molecular weight excluding hydrogens is 356 g/mol. The van der Waals surface area contributed by atoms with Crippen LogP contribution in [0.2, 0.25) is 0 Å². The summed E-state index contributed by atoms with van der Waals surface area (Å²) < 4.78 is 1.21. The lowest BCUT2D eigenvalue weighted by atomic mass is 10.1. The summed E-state index contributed by atoms with van der Waals surface area (Å²) in [6.45, 7) is 5.65. The molecule has 0 aromatic heterocycles. The first kappa shape index (κ1) is 14.4. The lowest BCUT2D eigenvalue weighted by molar-refractivity contribution is 0.213. The molecule has 0 amide bonds. The molecule has 2 nitrogen and oxygen atoms in total. The van der Waals surface area contributed by atoms with Gasteiger partial charge >= 0.3 is 0 Å². The molecule has 1 unspecified atom stereocenters. The standard InChI is InChI=1S/C14H20Br2N2/c1-3-12-10-18(7-6-17(12)2)14-5-4-11(9-15)8-13(14)16/h4-5,8,12H,3,6-7,9-10H2,1-2H3. The third-order valence-corrected chi connectivity index (χ3v) is 5.04. The molecule has 1 aliphatic heterocycles. The number of alkyl halides is 1. The van der Waals surface area contributed by atoms with Gasteiger partial charge in [-0.3, -0.25) is 4.90 Å². The van der Waals surface area contributed by atoms with Crippen LogP contribution >= 0.6 is 31.9 Å². The number of anilines is 1. The van der Waals surface area contributed by atoms with Crippen molar-refractivity contribution in [2.75, 3.05) is 31.6 Å². The van der Waals surface area contributed by atoms with Crippen molar-refractivity contribution < 1.29 is 0 Å². The Hall–Kier alpha value is -0.0600. The zero-order chi connectivity index (χ0) is 13.1. The van der Waals surface area contributed by atoms with Gasteiger partial charge in [-0.1, -0.05) is 28.9 Å². The zero-order valence-electron chi connectivity index (χ0n) is 11.0. The molecule has 2 rings (SSSR count). The van der Waals surface area contributed by atoms with Crippen molar-refractivity contribution in [2.24, 2.45) is 0 Å². The Balaban J connectivity index is 2.16. The van der Waals surface area contributed by atoms with E-state index in [4.69, 9.17) is 0 Å². The largest absolute Gasteiger partial charge is 0.368 e. The molecule has 0 radical (unpaired) electrons. The molecule has 0 aliphatic carbocycles. The summed E-state index contributed by atoms with van der Waals surface area (Å²) in [5.41, 5.74) is 2.64. The van der Waals surface area contributed by atoms with E-state index in [1.54, 1.807) is 0 Å². The van der Waals surface area contributed by atoms with Crippen LogP contribution in [0, 0.1) is 0 Å². The van der Waals surface area contributed by atoms with E-state index in [1.807, 2.05) is 0 Å². The number of hydrogen-bond donors (Lipinski definition) is 0. The number of piperazine rings is 1. The number of hydrogen-bond acceptors (Lipinski definition) is 2. The number of benzene rings is 1. The van der Waals surface area contributed by atoms with E-state index in [0.717, 1.165) is 25.0 Å². The Morgan fingerprint density at radius 3 is 2.72 bits per heavy atom. The van der Waals surface area contributed by atoms with Crippen LogP contribution < -0.4 is 4.90 Å². The molecule has 1 atom stereocenters. The first-order chi connectivity index (χ1) is 8.65. The molecule has 1 aromatic rings. The van der Waals surface area contributed by atoms with Crippen molar-refractivity contribution in [1.82, 2.24) is 4.90 Å². The van der Waals surface area contributed by atoms with Gasteiger partial charge in [0.1, 0.15) is 0 Å². The van der Waals surface area contributed by atoms with E-state index < -0.39 is 0 Å². The van der Waals surface area contributed by atoms with E-state index in [2.05, 4.69) is 73.8 Å². The van der Waals surface area contributed by atoms with Crippen molar-refractivity contribution in [3.05, 3.63) is 28.2 Å². The fourth-order valence-electron chi connectivity index (χ4n) is 2.50. The van der Waals surface area contributed by atoms with Gasteiger partial charge in [-0.2, -0.15) is 0 Å². The average Bonchev–Trinajstić information content (AvgIpc) is 2.39. The highest BCUT2D eigenvalue weighted by atomic mass is 79.9. The maximum absolute atomic E-state index is 3.70. The van der Waals surface area contributed by atoms with Gasteiger partial charge in [-0.15, -0.1) is 0 Å². The monoisotopic (exact) mass is 374 g/mol. The molecule has 0 bridgehead atoms. The molecule has 1 aliphatic rings. The van der Waals surface area contributed by atoms with Crippen LogP contribution in [-0.4, -0.2) is 37.6 Å². The predicted octanol–water partition coefficient (Wildman–Crippen LogP) is 3.87. The van der Waals surface area contributed by atoms with Gasteiger partial charge in [-0.25, -0.2) is 0 Å². The van der Waals surface area contributed by atoms with Crippen molar-refractivity contribution >= 4 is 37.5 Å². The van der Waals surface area contributed by atoms with Crippen molar-refractivity contribution in [1.29, 1.82) is 0 Å². The normalized spacial score (nSPS) is 21.3. The third kappa shape index (κ3) is 3.09. The SMILES string of the molecule is CCC1CN(c2ccc(CBr)cc2Br)CCN1C. The van der Waals surface area contributed by atoms with Crippen LogP contribution in [0.25, 0.3) is 0 Å². The molecule has 0 N–H and O–H groups in total. The number of halogens is 2. The van der Waals surface area contributed by atoms with Crippen LogP contribution in [0.1, 0.15) is 18.9 Å². The highest BCUT2D eigenvalue weighted by Gasteiger charge is 2.23. The molecule has 1 fully saturated rings. The predicted molar refractivity (Wildman–Crippen MR) is 85.7 cm³/mol. The Morgan fingerprint density at radius 2 is 2.11 bits per heavy atom. The van der Waals surface area contributed by atoms with Crippen LogP contribution in [0.3, 0.4) is 0 Å². The minimum absolute atomic E-state index is 0.668. The number of rotatable bonds is 3. The first-order valence-electron chi connectivity index (χ1n) is 6.45. The van der Waals surface area contributed by atoms with Crippen molar-refractivity contribution in [2.45, 2.75) is 24.7 Å². The Morgan fingerprint density at radius 1 is 1.33 bits per heavy atom. The summed E-state index contributed by atoms with van der Waals surface area (Å²) in [5, 5.41) is 0.909. The third-order valence-electron chi connectivity index (χ3n) is 3.76. The summed E-state index contributed by atoms with van der Waals surface area (Å²) >= 11 is 7.20. The maximum Gasteiger partial charge on any atom is 0.0511 e. The minimum Gasteiger partial charge on any atom is -0.368 e. The van der Waals surface area contributed by atoms with E-state index in [9.17, 15) is 0 Å². The maximum atomic E-state index is 3.70. The zero-order valence-corrected chi connectivity index (χ0v) is 14.2. The smallest absolute Gasteiger partial charge is 0.0511 e. The minimum atomic E-state index is 0.668. The number of nitrogens with zero attached hydrogens (tertiary/aromatic N) is 2. The molecule has 18 heavy (non-hydrogen) atoms. The second kappa shape index (κ2) is 6.40. The average molecular weight is 376 g/mol. The van der Waals surface area contributed by atoms with Crippen LogP contribution in [-0.2, 0) is 5.33 Å². The van der Waals surface area contributed by atoms with Gasteiger partial charge in [0.2, 0.25) is 0 Å². The van der Waals surface area contributed by atoms with Gasteiger partial charge in [0.25, 0.3) is 0 Å². The topological polar surface area (TPSA) is 6.48 Å². The molecule has 1 heterocycles. The summed E-state index contributed by atoms with van der Waals surface area (Å²) in [4.78, 5) is 4.97.